The summed E-state index contributed by atoms with van der Waals surface area (Å²) in [6.07, 6.45) is 4.97. The van der Waals surface area contributed by atoms with Crippen LogP contribution in [0.3, 0.4) is 0 Å². The van der Waals surface area contributed by atoms with Gasteiger partial charge in [-0.1, -0.05) is 18.6 Å². The molecule has 0 aromatic heterocycles. The quantitative estimate of drug-likeness (QED) is 0.889. The normalized spacial score (nSPS) is 26.6. The Morgan fingerprint density at radius 1 is 1.22 bits per heavy atom. The predicted octanol–water partition coefficient (Wildman–Crippen LogP) is 2.63. The summed E-state index contributed by atoms with van der Waals surface area (Å²) in [5.74, 6) is -0.162. The molecule has 2 fully saturated rings. The summed E-state index contributed by atoms with van der Waals surface area (Å²) in [7, 11) is 0. The van der Waals surface area contributed by atoms with E-state index < -0.39 is 0 Å². The topological polar surface area (TPSA) is 21.3 Å². The second kappa shape index (κ2) is 4.98. The van der Waals surface area contributed by atoms with Crippen molar-refractivity contribution in [3.05, 3.63) is 35.6 Å². The zero-order chi connectivity index (χ0) is 12.4. The van der Waals surface area contributed by atoms with Crippen molar-refractivity contribution in [1.82, 2.24) is 5.32 Å². The van der Waals surface area contributed by atoms with E-state index in [-0.39, 0.29) is 11.2 Å². The number of piperidine rings is 1. The molecule has 2 aliphatic heterocycles. The molecule has 0 amide bonds. The third-order valence-corrected chi connectivity index (χ3v) is 4.26. The van der Waals surface area contributed by atoms with Crippen molar-refractivity contribution < 1.29 is 9.13 Å². The van der Waals surface area contributed by atoms with Gasteiger partial charge in [-0.15, -0.1) is 0 Å². The van der Waals surface area contributed by atoms with Crippen LogP contribution < -0.4 is 5.32 Å². The lowest BCUT2D eigenvalue weighted by Gasteiger charge is -2.45. The second-order valence-corrected chi connectivity index (χ2v) is 5.63. The molecule has 1 unspecified atom stereocenters. The summed E-state index contributed by atoms with van der Waals surface area (Å²) in [6.45, 7) is 2.68. The van der Waals surface area contributed by atoms with Crippen LogP contribution in [0.2, 0.25) is 0 Å². The van der Waals surface area contributed by atoms with Gasteiger partial charge in [0.1, 0.15) is 5.82 Å². The summed E-state index contributed by atoms with van der Waals surface area (Å²) >= 11 is 0. The van der Waals surface area contributed by atoms with Gasteiger partial charge in [0.2, 0.25) is 0 Å². The van der Waals surface area contributed by atoms with Crippen LogP contribution in [0.25, 0.3) is 0 Å². The SMILES string of the molecule is Fc1ccc(C2(CC3CCCCN3)COC2)cc1. The lowest BCUT2D eigenvalue weighted by Crippen LogP contribution is -2.51. The number of rotatable bonds is 3. The standard InChI is InChI=1S/C15H20FNO/c16-13-6-4-12(5-7-13)15(10-18-11-15)9-14-3-1-2-8-17-14/h4-7,14,17H,1-3,8-11H2. The smallest absolute Gasteiger partial charge is 0.123 e. The van der Waals surface area contributed by atoms with E-state index in [1.165, 1.54) is 24.8 Å². The average Bonchev–Trinajstić information content (AvgIpc) is 2.36. The monoisotopic (exact) mass is 249 g/mol. The molecular formula is C15H20FNO. The fourth-order valence-corrected chi connectivity index (χ4v) is 3.12. The van der Waals surface area contributed by atoms with Gasteiger partial charge >= 0.3 is 0 Å². The van der Waals surface area contributed by atoms with Crippen molar-refractivity contribution in [2.75, 3.05) is 19.8 Å². The van der Waals surface area contributed by atoms with E-state index in [4.69, 9.17) is 4.74 Å². The maximum atomic E-state index is 13.0. The second-order valence-electron chi connectivity index (χ2n) is 5.63. The van der Waals surface area contributed by atoms with Crippen LogP contribution in [0.5, 0.6) is 0 Å². The maximum Gasteiger partial charge on any atom is 0.123 e. The molecule has 1 aromatic rings. The largest absolute Gasteiger partial charge is 0.379 e. The Kier molecular flexibility index (Phi) is 3.35. The van der Waals surface area contributed by atoms with Crippen LogP contribution in [0.1, 0.15) is 31.2 Å². The van der Waals surface area contributed by atoms with Crippen molar-refractivity contribution in [1.29, 1.82) is 0 Å². The predicted molar refractivity (Wildman–Crippen MR) is 69.2 cm³/mol. The van der Waals surface area contributed by atoms with Crippen LogP contribution in [0.4, 0.5) is 4.39 Å². The molecule has 18 heavy (non-hydrogen) atoms. The highest BCUT2D eigenvalue weighted by atomic mass is 19.1. The lowest BCUT2D eigenvalue weighted by molar-refractivity contribution is -0.0696. The first-order chi connectivity index (χ1) is 8.78. The minimum absolute atomic E-state index is 0.114. The van der Waals surface area contributed by atoms with E-state index in [1.54, 1.807) is 12.1 Å². The van der Waals surface area contributed by atoms with E-state index in [0.29, 0.717) is 6.04 Å². The Morgan fingerprint density at radius 3 is 2.56 bits per heavy atom. The molecule has 2 nitrogen and oxygen atoms in total. The first-order valence-electron chi connectivity index (χ1n) is 6.86. The molecule has 2 saturated heterocycles. The number of ether oxygens (including phenoxy) is 1. The molecule has 2 heterocycles. The van der Waals surface area contributed by atoms with Gasteiger partial charge in [0.25, 0.3) is 0 Å². The Morgan fingerprint density at radius 2 is 2.00 bits per heavy atom. The summed E-state index contributed by atoms with van der Waals surface area (Å²) in [4.78, 5) is 0. The zero-order valence-electron chi connectivity index (χ0n) is 10.6. The maximum absolute atomic E-state index is 13.0. The summed E-state index contributed by atoms with van der Waals surface area (Å²) in [5, 5.41) is 3.59. The van der Waals surface area contributed by atoms with Gasteiger partial charge in [-0.2, -0.15) is 0 Å². The number of halogens is 1. The summed E-state index contributed by atoms with van der Waals surface area (Å²) < 4.78 is 18.5. The molecule has 1 N–H and O–H groups in total. The summed E-state index contributed by atoms with van der Waals surface area (Å²) in [6, 6.07) is 7.54. The van der Waals surface area contributed by atoms with E-state index in [0.717, 1.165) is 26.2 Å². The molecule has 0 radical (unpaired) electrons. The number of benzene rings is 1. The fourth-order valence-electron chi connectivity index (χ4n) is 3.12. The van der Waals surface area contributed by atoms with Crippen LogP contribution in [0, 0.1) is 5.82 Å². The highest BCUT2D eigenvalue weighted by Gasteiger charge is 2.42. The lowest BCUT2D eigenvalue weighted by atomic mass is 9.73. The Labute approximate surface area is 108 Å². The number of hydrogen-bond acceptors (Lipinski definition) is 2. The van der Waals surface area contributed by atoms with E-state index in [2.05, 4.69) is 5.32 Å². The molecule has 0 bridgehead atoms. The van der Waals surface area contributed by atoms with E-state index in [1.807, 2.05) is 12.1 Å². The molecule has 1 aromatic carbocycles. The zero-order valence-corrected chi connectivity index (χ0v) is 10.6. The van der Waals surface area contributed by atoms with Crippen molar-refractivity contribution in [3.8, 4) is 0 Å². The van der Waals surface area contributed by atoms with Gasteiger partial charge in [0, 0.05) is 11.5 Å². The molecule has 3 heteroatoms. The van der Waals surface area contributed by atoms with Gasteiger partial charge in [-0.05, 0) is 43.5 Å². The highest BCUT2D eigenvalue weighted by Crippen LogP contribution is 2.38. The minimum atomic E-state index is -0.162. The van der Waals surface area contributed by atoms with Crippen LogP contribution in [-0.4, -0.2) is 25.8 Å². The van der Waals surface area contributed by atoms with Crippen molar-refractivity contribution in [2.24, 2.45) is 0 Å². The Bertz CT molecular complexity index is 393. The van der Waals surface area contributed by atoms with Crippen molar-refractivity contribution in [3.63, 3.8) is 0 Å². The molecule has 0 saturated carbocycles. The minimum Gasteiger partial charge on any atom is -0.379 e. The van der Waals surface area contributed by atoms with Crippen LogP contribution in [-0.2, 0) is 10.2 Å². The van der Waals surface area contributed by atoms with Gasteiger partial charge in [-0.3, -0.25) is 0 Å². The fraction of sp³-hybridized carbons (Fsp3) is 0.600. The van der Waals surface area contributed by atoms with Gasteiger partial charge in [-0.25, -0.2) is 4.39 Å². The molecule has 1 atom stereocenters. The highest BCUT2D eigenvalue weighted by molar-refractivity contribution is 5.28. The third-order valence-electron chi connectivity index (χ3n) is 4.26. The number of hydrogen-bond donors (Lipinski definition) is 1. The third kappa shape index (κ3) is 2.29. The molecule has 3 rings (SSSR count). The Balaban J connectivity index is 1.74. The molecular weight excluding hydrogens is 229 g/mol. The molecule has 0 aliphatic carbocycles. The van der Waals surface area contributed by atoms with Crippen LogP contribution in [0.15, 0.2) is 24.3 Å². The van der Waals surface area contributed by atoms with Crippen molar-refractivity contribution in [2.45, 2.75) is 37.1 Å². The summed E-state index contributed by atoms with van der Waals surface area (Å²) in [5.41, 5.74) is 1.34. The van der Waals surface area contributed by atoms with Gasteiger partial charge in [0.05, 0.1) is 13.2 Å². The molecule has 0 spiro atoms. The first kappa shape index (κ1) is 12.1. The number of nitrogens with one attached hydrogen (secondary N) is 1. The van der Waals surface area contributed by atoms with E-state index in [9.17, 15) is 4.39 Å². The average molecular weight is 249 g/mol. The first-order valence-corrected chi connectivity index (χ1v) is 6.86. The van der Waals surface area contributed by atoms with Crippen molar-refractivity contribution >= 4 is 0 Å². The van der Waals surface area contributed by atoms with E-state index >= 15 is 0 Å². The molecule has 2 aliphatic rings. The van der Waals surface area contributed by atoms with Gasteiger partial charge < -0.3 is 10.1 Å². The molecule has 98 valence electrons. The Hall–Kier alpha value is -0.930. The van der Waals surface area contributed by atoms with Crippen LogP contribution >= 0.6 is 0 Å². The van der Waals surface area contributed by atoms with Gasteiger partial charge in [0.15, 0.2) is 0 Å².